The van der Waals surface area contributed by atoms with E-state index < -0.39 is 0 Å². The van der Waals surface area contributed by atoms with Crippen LogP contribution in [0.4, 0.5) is 11.4 Å². The number of ether oxygens (including phenoxy) is 2. The fraction of sp³-hybridized carbons (Fsp3) is 0.533. The van der Waals surface area contributed by atoms with Crippen molar-refractivity contribution < 1.29 is 14.3 Å². The summed E-state index contributed by atoms with van der Waals surface area (Å²) in [5.41, 5.74) is 7.83. The van der Waals surface area contributed by atoms with Crippen LogP contribution in [0.3, 0.4) is 0 Å². The molecule has 0 aromatic heterocycles. The first-order valence-electron chi connectivity index (χ1n) is 7.01. The zero-order valence-corrected chi connectivity index (χ0v) is 12.8. The summed E-state index contributed by atoms with van der Waals surface area (Å²) in [6, 6.07) is 5.18. The number of hydrogen-bond acceptors (Lipinski definition) is 6. The Morgan fingerprint density at radius 1 is 1.52 bits per heavy atom. The van der Waals surface area contributed by atoms with Gasteiger partial charge in [0, 0.05) is 27.2 Å². The molecule has 0 bridgehead atoms. The van der Waals surface area contributed by atoms with E-state index in [-0.39, 0.29) is 18.7 Å². The average Bonchev–Trinajstić information content (AvgIpc) is 2.44. The van der Waals surface area contributed by atoms with Crippen molar-refractivity contribution in [2.75, 3.05) is 58.1 Å². The van der Waals surface area contributed by atoms with E-state index in [4.69, 9.17) is 15.2 Å². The molecule has 1 atom stereocenters. The lowest BCUT2D eigenvalue weighted by atomic mass is 10.1. The van der Waals surface area contributed by atoms with Crippen LogP contribution in [0.1, 0.15) is 10.4 Å². The molecule has 21 heavy (non-hydrogen) atoms. The lowest BCUT2D eigenvalue weighted by Crippen LogP contribution is -2.42. The second kappa shape index (κ2) is 6.78. The van der Waals surface area contributed by atoms with Gasteiger partial charge in [-0.15, -0.1) is 0 Å². The van der Waals surface area contributed by atoms with E-state index in [0.717, 1.165) is 18.8 Å². The van der Waals surface area contributed by atoms with E-state index in [1.165, 1.54) is 0 Å². The summed E-state index contributed by atoms with van der Waals surface area (Å²) in [5, 5.41) is 0. The Kier molecular flexibility index (Phi) is 5.03. The minimum Gasteiger partial charge on any atom is -0.459 e. The molecule has 1 heterocycles. The Hall–Kier alpha value is -1.79. The molecule has 1 saturated heterocycles. The summed E-state index contributed by atoms with van der Waals surface area (Å²) in [7, 11) is 5.83. The number of anilines is 2. The first-order valence-corrected chi connectivity index (χ1v) is 7.01. The van der Waals surface area contributed by atoms with E-state index in [1.54, 1.807) is 12.1 Å². The van der Waals surface area contributed by atoms with E-state index in [1.807, 2.05) is 32.1 Å². The number of nitrogen functional groups attached to an aromatic ring is 1. The Morgan fingerprint density at radius 3 is 2.90 bits per heavy atom. The molecule has 116 valence electrons. The summed E-state index contributed by atoms with van der Waals surface area (Å²) in [6.45, 7) is 2.61. The molecule has 0 radical (unpaired) electrons. The lowest BCUT2D eigenvalue weighted by molar-refractivity contribution is -0.0528. The number of carbonyl (C=O) groups excluding carboxylic acids is 1. The second-order valence-corrected chi connectivity index (χ2v) is 5.52. The number of likely N-dealkylation sites (N-methyl/N-ethyl adjacent to an activating group) is 1. The van der Waals surface area contributed by atoms with E-state index in [2.05, 4.69) is 4.90 Å². The van der Waals surface area contributed by atoms with Crippen molar-refractivity contribution >= 4 is 17.3 Å². The molecule has 6 nitrogen and oxygen atoms in total. The smallest absolute Gasteiger partial charge is 0.338 e. The maximum atomic E-state index is 12.0. The number of morpholine rings is 1. The average molecular weight is 293 g/mol. The van der Waals surface area contributed by atoms with E-state index in [0.29, 0.717) is 17.9 Å². The predicted octanol–water partition coefficient (Wildman–Crippen LogP) is 0.822. The van der Waals surface area contributed by atoms with Crippen molar-refractivity contribution in [3.05, 3.63) is 23.8 Å². The maximum absolute atomic E-state index is 12.0. The normalized spacial score (nSPS) is 19.3. The summed E-state index contributed by atoms with van der Waals surface area (Å²) in [5.74, 6) is -0.371. The minimum absolute atomic E-state index is 0.0638. The molecule has 0 amide bonds. The Bertz CT molecular complexity index is 505. The predicted molar refractivity (Wildman–Crippen MR) is 82.7 cm³/mol. The van der Waals surface area contributed by atoms with E-state index >= 15 is 0 Å². The molecule has 1 fully saturated rings. The van der Waals surface area contributed by atoms with Crippen molar-refractivity contribution in [3.63, 3.8) is 0 Å². The van der Waals surface area contributed by atoms with Gasteiger partial charge >= 0.3 is 5.97 Å². The van der Waals surface area contributed by atoms with Gasteiger partial charge in [-0.2, -0.15) is 0 Å². The summed E-state index contributed by atoms with van der Waals surface area (Å²) in [4.78, 5) is 16.1. The number of nitrogens with two attached hydrogens (primary N) is 1. The Labute approximate surface area is 125 Å². The minimum atomic E-state index is -0.371. The van der Waals surface area contributed by atoms with Gasteiger partial charge in [0.2, 0.25) is 0 Å². The van der Waals surface area contributed by atoms with Gasteiger partial charge in [0.25, 0.3) is 0 Å². The molecule has 0 spiro atoms. The number of esters is 1. The quantitative estimate of drug-likeness (QED) is 0.655. The fourth-order valence-corrected chi connectivity index (χ4v) is 2.31. The van der Waals surface area contributed by atoms with Crippen molar-refractivity contribution in [1.29, 1.82) is 0 Å². The van der Waals surface area contributed by atoms with Gasteiger partial charge in [0.05, 0.1) is 23.5 Å². The van der Waals surface area contributed by atoms with Crippen LogP contribution in [0.15, 0.2) is 18.2 Å². The third-order valence-electron chi connectivity index (χ3n) is 3.49. The molecule has 1 unspecified atom stereocenters. The fourth-order valence-electron chi connectivity index (χ4n) is 2.31. The molecular formula is C15H23N3O3. The van der Waals surface area contributed by atoms with Gasteiger partial charge in [-0.25, -0.2) is 4.79 Å². The highest BCUT2D eigenvalue weighted by atomic mass is 16.6. The van der Waals surface area contributed by atoms with Crippen LogP contribution in [0.2, 0.25) is 0 Å². The molecule has 2 N–H and O–H groups in total. The highest BCUT2D eigenvalue weighted by molar-refractivity contribution is 5.92. The van der Waals surface area contributed by atoms with Crippen LogP contribution in [-0.4, -0.2) is 64.4 Å². The molecule has 1 aliphatic rings. The van der Waals surface area contributed by atoms with Crippen LogP contribution in [0.25, 0.3) is 0 Å². The standard InChI is InChI=1S/C15H23N3O3/c1-17(2)14-5-4-11(8-13(14)16)15(19)21-10-12-9-18(3)6-7-20-12/h4-5,8,12H,6-7,9-10,16H2,1-3H3. The molecule has 1 aromatic carbocycles. The maximum Gasteiger partial charge on any atom is 0.338 e. The van der Waals surface area contributed by atoms with Crippen molar-refractivity contribution in [1.82, 2.24) is 4.90 Å². The van der Waals surface area contributed by atoms with E-state index in [9.17, 15) is 4.79 Å². The largest absolute Gasteiger partial charge is 0.459 e. The van der Waals surface area contributed by atoms with Gasteiger partial charge in [-0.3, -0.25) is 0 Å². The Morgan fingerprint density at radius 2 is 2.29 bits per heavy atom. The summed E-state index contributed by atoms with van der Waals surface area (Å²) >= 11 is 0. The van der Waals surface area contributed by atoms with Gasteiger partial charge < -0.3 is 25.0 Å². The van der Waals surface area contributed by atoms with Crippen LogP contribution < -0.4 is 10.6 Å². The van der Waals surface area contributed by atoms with Gasteiger partial charge in [0.15, 0.2) is 0 Å². The number of rotatable bonds is 4. The molecule has 0 saturated carbocycles. The molecule has 1 aliphatic heterocycles. The van der Waals surface area contributed by atoms with Gasteiger partial charge in [-0.05, 0) is 25.2 Å². The van der Waals surface area contributed by atoms with Gasteiger partial charge in [-0.1, -0.05) is 0 Å². The summed E-state index contributed by atoms with van der Waals surface area (Å²) < 4.78 is 10.9. The number of hydrogen-bond donors (Lipinski definition) is 1. The Balaban J connectivity index is 1.92. The zero-order valence-electron chi connectivity index (χ0n) is 12.8. The highest BCUT2D eigenvalue weighted by Gasteiger charge is 2.20. The second-order valence-electron chi connectivity index (χ2n) is 5.52. The first kappa shape index (κ1) is 15.6. The number of carbonyl (C=O) groups is 1. The lowest BCUT2D eigenvalue weighted by Gasteiger charge is -2.29. The van der Waals surface area contributed by atoms with Gasteiger partial charge in [0.1, 0.15) is 12.7 Å². The molecule has 6 heteroatoms. The van der Waals surface area contributed by atoms with Crippen molar-refractivity contribution in [2.45, 2.75) is 6.10 Å². The van der Waals surface area contributed by atoms with Crippen LogP contribution in [0, 0.1) is 0 Å². The van der Waals surface area contributed by atoms with Crippen LogP contribution in [-0.2, 0) is 9.47 Å². The monoisotopic (exact) mass is 293 g/mol. The number of benzene rings is 1. The SMILES string of the molecule is CN1CCOC(COC(=O)c2ccc(N(C)C)c(N)c2)C1. The molecular weight excluding hydrogens is 270 g/mol. The van der Waals surface area contributed by atoms with Crippen molar-refractivity contribution in [3.8, 4) is 0 Å². The van der Waals surface area contributed by atoms with Crippen LogP contribution in [0.5, 0.6) is 0 Å². The highest BCUT2D eigenvalue weighted by Crippen LogP contribution is 2.22. The third-order valence-corrected chi connectivity index (χ3v) is 3.49. The molecule has 0 aliphatic carbocycles. The number of nitrogens with zero attached hydrogens (tertiary/aromatic N) is 2. The third kappa shape index (κ3) is 4.09. The topological polar surface area (TPSA) is 68.0 Å². The molecule has 1 aromatic rings. The zero-order chi connectivity index (χ0) is 15.4. The van der Waals surface area contributed by atoms with Crippen molar-refractivity contribution in [2.24, 2.45) is 0 Å². The summed E-state index contributed by atoms with van der Waals surface area (Å²) in [6.07, 6.45) is -0.0638. The first-order chi connectivity index (χ1) is 9.97. The van der Waals surface area contributed by atoms with Crippen LogP contribution >= 0.6 is 0 Å². The molecule has 2 rings (SSSR count).